The van der Waals surface area contributed by atoms with E-state index in [0.717, 1.165) is 11.6 Å². The van der Waals surface area contributed by atoms with Gasteiger partial charge in [-0.05, 0) is 5.92 Å². The fourth-order valence-electron chi connectivity index (χ4n) is 2.08. The molecule has 0 radical (unpaired) electrons. The van der Waals surface area contributed by atoms with Crippen molar-refractivity contribution < 1.29 is 8.78 Å². The lowest BCUT2D eigenvalue weighted by Crippen LogP contribution is -2.12. The van der Waals surface area contributed by atoms with Crippen LogP contribution in [0.4, 0.5) is 8.78 Å². The standard InChI is InChI=1S/C13H20B2F2S/c1-2-11(15)13(17)12(16)8-18-7-9-3-5-10(14)6-4-9/h2,8-10H,1,3-7,14-15H2/b12-8-,13-11-. The molecule has 1 rings (SSSR count). The van der Waals surface area contributed by atoms with Crippen LogP contribution >= 0.6 is 11.8 Å². The summed E-state index contributed by atoms with van der Waals surface area (Å²) in [6, 6.07) is 0. The first-order chi connectivity index (χ1) is 8.54. The first kappa shape index (κ1) is 15.6. The van der Waals surface area contributed by atoms with E-state index in [1.165, 1.54) is 56.8 Å². The van der Waals surface area contributed by atoms with Crippen LogP contribution in [-0.2, 0) is 0 Å². The molecule has 0 spiro atoms. The summed E-state index contributed by atoms with van der Waals surface area (Å²) in [6.45, 7) is 3.43. The van der Waals surface area contributed by atoms with E-state index in [9.17, 15) is 8.78 Å². The minimum atomic E-state index is -0.797. The zero-order valence-corrected chi connectivity index (χ0v) is 12.0. The summed E-state index contributed by atoms with van der Waals surface area (Å²) in [5.74, 6) is 0.800. The molecular weight excluding hydrogens is 248 g/mol. The van der Waals surface area contributed by atoms with Crippen molar-refractivity contribution in [2.45, 2.75) is 31.5 Å². The summed E-state index contributed by atoms with van der Waals surface area (Å²) in [7, 11) is 3.80. The van der Waals surface area contributed by atoms with Gasteiger partial charge >= 0.3 is 0 Å². The summed E-state index contributed by atoms with van der Waals surface area (Å²) in [5.41, 5.74) is 0.246. The Bertz CT molecular complexity index is 345. The Morgan fingerprint density at radius 1 is 1.28 bits per heavy atom. The van der Waals surface area contributed by atoms with Gasteiger partial charge in [0.05, 0.1) is 0 Å². The fourth-order valence-corrected chi connectivity index (χ4v) is 3.03. The molecule has 1 aliphatic rings. The molecule has 0 aromatic heterocycles. The molecule has 1 aliphatic carbocycles. The van der Waals surface area contributed by atoms with Crippen LogP contribution in [0.25, 0.3) is 0 Å². The highest BCUT2D eigenvalue weighted by atomic mass is 32.2. The van der Waals surface area contributed by atoms with E-state index in [1.54, 1.807) is 0 Å². The third-order valence-corrected chi connectivity index (χ3v) is 4.55. The van der Waals surface area contributed by atoms with E-state index in [-0.39, 0.29) is 5.47 Å². The maximum atomic E-state index is 13.4. The fraction of sp³-hybridized carbons (Fsp3) is 0.538. The van der Waals surface area contributed by atoms with Crippen molar-refractivity contribution in [2.75, 3.05) is 5.75 Å². The van der Waals surface area contributed by atoms with Crippen LogP contribution < -0.4 is 0 Å². The van der Waals surface area contributed by atoms with E-state index in [1.807, 2.05) is 0 Å². The van der Waals surface area contributed by atoms with Gasteiger partial charge in [-0.1, -0.05) is 49.6 Å². The lowest BCUT2D eigenvalue weighted by atomic mass is 9.72. The second kappa shape index (κ2) is 7.88. The van der Waals surface area contributed by atoms with Gasteiger partial charge in [0.2, 0.25) is 0 Å². The van der Waals surface area contributed by atoms with E-state index in [4.69, 9.17) is 0 Å². The summed E-state index contributed by atoms with van der Waals surface area (Å²) >= 11 is 1.38. The summed E-state index contributed by atoms with van der Waals surface area (Å²) in [5, 5.41) is 1.29. The van der Waals surface area contributed by atoms with Crippen molar-refractivity contribution in [1.29, 1.82) is 0 Å². The Balaban J connectivity index is 2.38. The van der Waals surface area contributed by atoms with E-state index in [0.29, 0.717) is 5.92 Å². The highest BCUT2D eigenvalue weighted by molar-refractivity contribution is 8.02. The van der Waals surface area contributed by atoms with Crippen LogP contribution in [0.1, 0.15) is 25.7 Å². The molecule has 98 valence electrons. The Kier molecular flexibility index (Phi) is 6.83. The van der Waals surface area contributed by atoms with Crippen LogP contribution in [0, 0.1) is 5.92 Å². The van der Waals surface area contributed by atoms with Gasteiger partial charge in [-0.2, -0.15) is 0 Å². The predicted octanol–water partition coefficient (Wildman–Crippen LogP) is 3.14. The van der Waals surface area contributed by atoms with E-state index in [2.05, 4.69) is 14.4 Å². The van der Waals surface area contributed by atoms with Crippen molar-refractivity contribution in [2.24, 2.45) is 5.92 Å². The average molecular weight is 268 g/mol. The SMILES string of the molecule is B/C(C=C)=C(F)/C(F)=C/SCC1CCC(B)CC1. The molecule has 0 aromatic carbocycles. The molecule has 0 N–H and O–H groups in total. The molecule has 0 nitrogen and oxygen atoms in total. The summed E-state index contributed by atoms with van der Waals surface area (Å²) < 4.78 is 26.8. The average Bonchev–Trinajstić information content (AvgIpc) is 2.39. The highest BCUT2D eigenvalue weighted by Crippen LogP contribution is 2.33. The van der Waals surface area contributed by atoms with Gasteiger partial charge in [0.1, 0.15) is 15.7 Å². The molecule has 0 amide bonds. The van der Waals surface area contributed by atoms with Gasteiger partial charge < -0.3 is 0 Å². The molecule has 5 heteroatoms. The van der Waals surface area contributed by atoms with Crippen LogP contribution in [0.5, 0.6) is 0 Å². The lowest BCUT2D eigenvalue weighted by molar-refractivity contribution is 0.391. The van der Waals surface area contributed by atoms with Gasteiger partial charge in [-0.25, -0.2) is 8.78 Å². The van der Waals surface area contributed by atoms with Crippen molar-refractivity contribution in [1.82, 2.24) is 0 Å². The van der Waals surface area contributed by atoms with Gasteiger partial charge in [-0.15, -0.1) is 11.8 Å². The molecule has 1 saturated carbocycles. The van der Waals surface area contributed by atoms with Crippen LogP contribution in [0.15, 0.2) is 35.2 Å². The molecule has 0 unspecified atom stereocenters. The Labute approximate surface area is 115 Å². The Hall–Kier alpha value is -0.440. The molecule has 0 saturated heterocycles. The van der Waals surface area contributed by atoms with Crippen LogP contribution in [0.2, 0.25) is 5.82 Å². The van der Waals surface area contributed by atoms with Crippen molar-refractivity contribution in [3.8, 4) is 0 Å². The van der Waals surface area contributed by atoms with Crippen molar-refractivity contribution in [3.05, 3.63) is 35.2 Å². The largest absolute Gasteiger partial charge is 0.204 e. The topological polar surface area (TPSA) is 0 Å². The molecular formula is C13H20B2F2S. The number of allylic oxidation sites excluding steroid dienone is 4. The molecule has 0 aliphatic heterocycles. The van der Waals surface area contributed by atoms with Gasteiger partial charge in [0, 0.05) is 11.2 Å². The van der Waals surface area contributed by atoms with E-state index < -0.39 is 11.7 Å². The first-order valence-corrected chi connectivity index (χ1v) is 7.56. The molecule has 0 atom stereocenters. The second-order valence-corrected chi connectivity index (χ2v) is 6.03. The minimum absolute atomic E-state index is 0.246. The predicted molar refractivity (Wildman–Crippen MR) is 82.8 cm³/mol. The first-order valence-electron chi connectivity index (χ1n) is 6.51. The minimum Gasteiger partial charge on any atom is -0.204 e. The summed E-state index contributed by atoms with van der Waals surface area (Å²) in [6.07, 6.45) is 6.29. The lowest BCUT2D eigenvalue weighted by Gasteiger charge is -2.25. The molecule has 1 fully saturated rings. The molecule has 0 bridgehead atoms. The maximum absolute atomic E-state index is 13.4. The molecule has 0 aromatic rings. The van der Waals surface area contributed by atoms with Crippen LogP contribution in [0.3, 0.4) is 0 Å². The Morgan fingerprint density at radius 2 is 1.89 bits per heavy atom. The van der Waals surface area contributed by atoms with Gasteiger partial charge in [0.25, 0.3) is 0 Å². The quantitative estimate of drug-likeness (QED) is 0.545. The number of thioether (sulfide) groups is 1. The van der Waals surface area contributed by atoms with Crippen LogP contribution in [-0.4, -0.2) is 21.4 Å². The highest BCUT2D eigenvalue weighted by Gasteiger charge is 2.17. The molecule has 18 heavy (non-hydrogen) atoms. The number of hydrogen-bond donors (Lipinski definition) is 0. The number of halogens is 2. The number of rotatable bonds is 5. The second-order valence-electron chi connectivity index (χ2n) is 5.13. The third-order valence-electron chi connectivity index (χ3n) is 3.52. The maximum Gasteiger partial charge on any atom is 0.164 e. The third kappa shape index (κ3) is 5.05. The smallest absolute Gasteiger partial charge is 0.164 e. The monoisotopic (exact) mass is 268 g/mol. The van der Waals surface area contributed by atoms with Gasteiger partial charge in [-0.3, -0.25) is 0 Å². The zero-order valence-electron chi connectivity index (χ0n) is 11.2. The van der Waals surface area contributed by atoms with E-state index >= 15 is 0 Å². The normalized spacial score (nSPS) is 26.7. The summed E-state index contributed by atoms with van der Waals surface area (Å²) in [4.78, 5) is 0. The van der Waals surface area contributed by atoms with Crippen molar-refractivity contribution >= 4 is 27.5 Å². The Morgan fingerprint density at radius 3 is 2.44 bits per heavy atom. The van der Waals surface area contributed by atoms with Gasteiger partial charge in [0.15, 0.2) is 11.7 Å². The number of hydrogen-bond acceptors (Lipinski definition) is 1. The van der Waals surface area contributed by atoms with Crippen molar-refractivity contribution in [3.63, 3.8) is 0 Å². The zero-order chi connectivity index (χ0) is 13.5. The molecule has 0 heterocycles.